The zero-order valence-corrected chi connectivity index (χ0v) is 24.7. The highest BCUT2D eigenvalue weighted by atomic mass is 19.3. The van der Waals surface area contributed by atoms with E-state index in [9.17, 15) is 18.4 Å². The number of amides is 2. The molecule has 0 radical (unpaired) electrons. The number of ether oxygens (including phenoxy) is 2. The summed E-state index contributed by atoms with van der Waals surface area (Å²) >= 11 is 0. The van der Waals surface area contributed by atoms with Crippen molar-refractivity contribution in [3.05, 3.63) is 71.6 Å². The summed E-state index contributed by atoms with van der Waals surface area (Å²) in [4.78, 5) is 39.5. The van der Waals surface area contributed by atoms with Gasteiger partial charge in [-0.3, -0.25) is 4.79 Å². The predicted molar refractivity (Wildman–Crippen MR) is 154 cm³/mol. The van der Waals surface area contributed by atoms with E-state index in [4.69, 9.17) is 14.5 Å². The Balaban J connectivity index is 1.38. The molecule has 2 N–H and O–H groups in total. The van der Waals surface area contributed by atoms with Crippen molar-refractivity contribution < 1.29 is 27.8 Å². The number of fused-ring (bicyclic) bond motifs is 9. The Kier molecular flexibility index (Phi) is 6.44. The highest BCUT2D eigenvalue weighted by Crippen LogP contribution is 2.50. The first-order valence-corrected chi connectivity index (χ1v) is 13.9. The number of aromatic nitrogens is 4. The number of rotatable bonds is 5. The zero-order valence-electron chi connectivity index (χ0n) is 24.7. The van der Waals surface area contributed by atoms with Gasteiger partial charge in [-0.25, -0.2) is 19.7 Å². The fourth-order valence-electron chi connectivity index (χ4n) is 5.90. The van der Waals surface area contributed by atoms with Crippen molar-refractivity contribution in [1.29, 1.82) is 0 Å². The highest BCUT2D eigenvalue weighted by molar-refractivity contribution is 5.98. The Morgan fingerprint density at radius 3 is 2.51 bits per heavy atom. The van der Waals surface area contributed by atoms with Crippen LogP contribution in [-0.2, 0) is 15.8 Å². The first-order chi connectivity index (χ1) is 20.1. The summed E-state index contributed by atoms with van der Waals surface area (Å²) in [5.41, 5.74) is 1.35. The third-order valence-corrected chi connectivity index (χ3v) is 7.70. The molecule has 4 heterocycles. The van der Waals surface area contributed by atoms with Gasteiger partial charge in [-0.05, 0) is 71.4 Å². The Bertz CT molecular complexity index is 1760. The van der Waals surface area contributed by atoms with E-state index in [0.717, 1.165) is 16.6 Å². The lowest BCUT2D eigenvalue weighted by molar-refractivity contribution is -0.0507. The van der Waals surface area contributed by atoms with E-state index < -0.39 is 35.4 Å². The molecule has 0 fully saturated rings. The molecule has 2 bridgehead atoms. The molecule has 224 valence electrons. The van der Waals surface area contributed by atoms with Gasteiger partial charge in [0.1, 0.15) is 17.2 Å². The third-order valence-electron chi connectivity index (χ3n) is 7.70. The van der Waals surface area contributed by atoms with Gasteiger partial charge in [-0.2, -0.15) is 8.78 Å². The van der Waals surface area contributed by atoms with Crippen molar-refractivity contribution >= 4 is 23.0 Å². The van der Waals surface area contributed by atoms with Crippen LogP contribution in [-0.4, -0.2) is 43.7 Å². The van der Waals surface area contributed by atoms with Crippen LogP contribution in [0.5, 0.6) is 5.75 Å². The van der Waals surface area contributed by atoms with Crippen LogP contribution < -0.4 is 15.4 Å². The van der Waals surface area contributed by atoms with Gasteiger partial charge in [-0.15, -0.1) is 0 Å². The minimum absolute atomic E-state index is 0.0330. The van der Waals surface area contributed by atoms with Gasteiger partial charge in [0, 0.05) is 35.5 Å². The Hall–Kier alpha value is -4.61. The maximum atomic E-state index is 13.4. The van der Waals surface area contributed by atoms with E-state index in [1.165, 1.54) is 12.1 Å². The van der Waals surface area contributed by atoms with Crippen LogP contribution in [0.25, 0.3) is 22.2 Å². The molecule has 0 aliphatic carbocycles. The maximum absolute atomic E-state index is 13.4. The average molecular weight is 591 g/mol. The minimum Gasteiger partial charge on any atom is -0.444 e. The van der Waals surface area contributed by atoms with E-state index in [2.05, 4.69) is 20.6 Å². The van der Waals surface area contributed by atoms with E-state index >= 15 is 0 Å². The molecule has 6 rings (SSSR count). The predicted octanol–water partition coefficient (Wildman–Crippen LogP) is 5.81. The van der Waals surface area contributed by atoms with Gasteiger partial charge >= 0.3 is 12.7 Å². The molecule has 43 heavy (non-hydrogen) atoms. The highest BCUT2D eigenvalue weighted by Gasteiger charge is 2.49. The largest absolute Gasteiger partial charge is 0.444 e. The molecular weight excluding hydrogens is 558 g/mol. The number of carbonyl (C=O) groups is 2. The second kappa shape index (κ2) is 9.72. The van der Waals surface area contributed by atoms with E-state index in [1.54, 1.807) is 53.1 Å². The lowest BCUT2D eigenvalue weighted by atomic mass is 9.93. The number of benzene rings is 2. The van der Waals surface area contributed by atoms with Crippen LogP contribution in [0.2, 0.25) is 0 Å². The molecule has 2 atom stereocenters. The lowest BCUT2D eigenvalue weighted by Crippen LogP contribution is -2.44. The number of nitrogens with zero attached hydrogens (tertiary/aromatic N) is 4. The topological polar surface area (TPSA) is 120 Å². The number of carbonyl (C=O) groups excluding carboxylic acids is 2. The minimum atomic E-state index is -3.04. The molecule has 0 spiro atoms. The summed E-state index contributed by atoms with van der Waals surface area (Å²) in [6.45, 7) is 7.80. The summed E-state index contributed by atoms with van der Waals surface area (Å²) < 4.78 is 39.0. The molecule has 4 aromatic rings. The third kappa shape index (κ3) is 5.04. The molecule has 0 unspecified atom stereocenters. The second-order valence-electron chi connectivity index (χ2n) is 12.7. The van der Waals surface area contributed by atoms with E-state index in [0.29, 0.717) is 34.7 Å². The Morgan fingerprint density at radius 1 is 1.12 bits per heavy atom. The number of halogens is 2. The second-order valence-corrected chi connectivity index (χ2v) is 12.7. The average Bonchev–Trinajstić information content (AvgIpc) is 3.38. The van der Waals surface area contributed by atoms with E-state index in [-0.39, 0.29) is 11.7 Å². The van der Waals surface area contributed by atoms with Crippen LogP contribution in [0.3, 0.4) is 0 Å². The number of imidazole rings is 1. The Morgan fingerprint density at radius 2 is 1.84 bits per heavy atom. The summed E-state index contributed by atoms with van der Waals surface area (Å²) in [5, 5.41) is 5.88. The van der Waals surface area contributed by atoms with E-state index in [1.807, 2.05) is 29.7 Å². The van der Waals surface area contributed by atoms with Crippen molar-refractivity contribution in [3.63, 3.8) is 0 Å². The smallest absolute Gasteiger partial charge is 0.408 e. The molecule has 0 saturated carbocycles. The normalized spacial score (nSPS) is 19.5. The van der Waals surface area contributed by atoms with Crippen LogP contribution >= 0.6 is 0 Å². The summed E-state index contributed by atoms with van der Waals surface area (Å²) in [7, 11) is 0. The monoisotopic (exact) mass is 590 g/mol. The molecular formula is C31H32F2N6O4. The van der Waals surface area contributed by atoms with Crippen LogP contribution in [0.15, 0.2) is 48.8 Å². The fourth-order valence-corrected chi connectivity index (χ4v) is 5.90. The molecule has 2 amide bonds. The van der Waals surface area contributed by atoms with Gasteiger partial charge in [0.05, 0.1) is 28.2 Å². The van der Waals surface area contributed by atoms with Crippen molar-refractivity contribution in [2.75, 3.05) is 0 Å². The van der Waals surface area contributed by atoms with Crippen molar-refractivity contribution in [1.82, 2.24) is 30.2 Å². The number of alkyl halides is 2. The lowest BCUT2D eigenvalue weighted by Gasteiger charge is -2.27. The zero-order chi connectivity index (χ0) is 30.9. The van der Waals surface area contributed by atoms with Gasteiger partial charge in [-0.1, -0.05) is 12.1 Å². The molecule has 2 aliphatic heterocycles. The number of alkyl carbamates (subject to hydrolysis) is 1. The van der Waals surface area contributed by atoms with Gasteiger partial charge in [0.2, 0.25) is 0 Å². The molecule has 2 aromatic carbocycles. The van der Waals surface area contributed by atoms with Gasteiger partial charge in [0.25, 0.3) is 5.91 Å². The number of hydrogen-bond donors (Lipinski definition) is 2. The first-order valence-electron chi connectivity index (χ1n) is 13.9. The summed E-state index contributed by atoms with van der Waals surface area (Å²) in [5.74, 6) is 0.650. The first kappa shape index (κ1) is 28.5. The molecule has 0 saturated heterocycles. The van der Waals surface area contributed by atoms with Gasteiger partial charge in [0.15, 0.2) is 5.82 Å². The summed E-state index contributed by atoms with van der Waals surface area (Å²) in [6, 6.07) is 9.87. The molecule has 10 nitrogen and oxygen atoms in total. The standard InChI is InChI=1S/C31H32F2N6O4/c1-29(2,3)43-28(41)38-30(4,5)25-34-14-17(15-35-25)16-10-11-19-20(12-16)39-21-13-31(6,26(39)36-19)37-24(40)18-8-7-9-22(23(18)21)42-27(32)33/h7-12,14-15,21,27H,13H2,1-6H3,(H,37,40)(H,38,41)/t21-,31-/m1/s1. The maximum Gasteiger partial charge on any atom is 0.408 e. The molecule has 2 aromatic heterocycles. The van der Waals surface area contributed by atoms with Crippen molar-refractivity contribution in [3.8, 4) is 16.9 Å². The fraction of sp³-hybridized carbons (Fsp3) is 0.387. The number of nitrogens with one attached hydrogen (secondary N) is 2. The molecule has 2 aliphatic rings. The Labute approximate surface area is 246 Å². The summed E-state index contributed by atoms with van der Waals surface area (Å²) in [6.07, 6.45) is 3.21. The van der Waals surface area contributed by atoms with Crippen molar-refractivity contribution in [2.24, 2.45) is 0 Å². The SMILES string of the molecule is CC(C)(C)OC(=O)NC(C)(C)c1ncc(-c2ccc3nc4n(c3c2)[C@@H]2C[C@@]4(C)NC(=O)c3cccc(OC(F)F)c32)cn1. The quantitative estimate of drug-likeness (QED) is 0.301. The van der Waals surface area contributed by atoms with Gasteiger partial charge < -0.3 is 24.7 Å². The molecule has 12 heteroatoms. The van der Waals surface area contributed by atoms with Crippen LogP contribution in [0, 0.1) is 0 Å². The number of hydrogen-bond acceptors (Lipinski definition) is 7. The van der Waals surface area contributed by atoms with Crippen LogP contribution in [0.1, 0.15) is 81.6 Å². The van der Waals surface area contributed by atoms with Crippen LogP contribution in [0.4, 0.5) is 13.6 Å². The van der Waals surface area contributed by atoms with Crippen molar-refractivity contribution in [2.45, 2.75) is 77.3 Å².